The lowest BCUT2D eigenvalue weighted by Gasteiger charge is -2.13. The van der Waals surface area contributed by atoms with Gasteiger partial charge in [-0.2, -0.15) is 0 Å². The molecule has 132 valence electrons. The van der Waals surface area contributed by atoms with Crippen LogP contribution < -0.4 is 15.2 Å². The minimum absolute atomic E-state index is 0.0966. The molecule has 2 aromatic rings. The number of rotatable bonds is 7. The number of hydrogen-bond donors (Lipinski definition) is 1. The molecule has 0 heterocycles. The highest BCUT2D eigenvalue weighted by atomic mass is 79.9. The predicted molar refractivity (Wildman–Crippen MR) is 97.7 cm³/mol. The summed E-state index contributed by atoms with van der Waals surface area (Å²) in [5, 5.41) is 13.7. The summed E-state index contributed by atoms with van der Waals surface area (Å²) in [4.78, 5) is 23.1. The zero-order chi connectivity index (χ0) is 18.4. The van der Waals surface area contributed by atoms with E-state index in [1.165, 1.54) is 17.7 Å². The van der Waals surface area contributed by atoms with Gasteiger partial charge in [0.05, 0.1) is 5.97 Å². The lowest BCUT2D eigenvalue weighted by Crippen LogP contribution is -2.26. The van der Waals surface area contributed by atoms with Crippen molar-refractivity contribution in [3.63, 3.8) is 0 Å². The van der Waals surface area contributed by atoms with Gasteiger partial charge in [0.1, 0.15) is 5.75 Å². The van der Waals surface area contributed by atoms with Crippen molar-refractivity contribution in [2.45, 2.75) is 26.2 Å². The third-order valence-electron chi connectivity index (χ3n) is 3.91. The van der Waals surface area contributed by atoms with Gasteiger partial charge in [0.15, 0.2) is 6.61 Å². The first-order valence-corrected chi connectivity index (χ1v) is 8.73. The molecule has 0 fully saturated rings. The summed E-state index contributed by atoms with van der Waals surface area (Å²) in [6, 6.07) is 12.1. The molecule has 0 aliphatic rings. The predicted octanol–water partition coefficient (Wildman–Crippen LogP) is 3.34. The second kappa shape index (κ2) is 8.67. The van der Waals surface area contributed by atoms with E-state index in [1.54, 1.807) is 6.07 Å². The Labute approximate surface area is 155 Å². The average Bonchev–Trinajstić information content (AvgIpc) is 2.61. The van der Waals surface area contributed by atoms with Crippen LogP contribution in [0.5, 0.6) is 5.75 Å². The fraction of sp³-hybridized carbons (Fsp3) is 0.263. The van der Waals surface area contributed by atoms with Crippen LogP contribution in [-0.2, 0) is 4.79 Å². The van der Waals surface area contributed by atoms with E-state index in [9.17, 15) is 14.7 Å². The van der Waals surface area contributed by atoms with Crippen molar-refractivity contribution in [2.75, 3.05) is 11.9 Å². The Kier molecular flexibility index (Phi) is 6.58. The number of benzene rings is 2. The van der Waals surface area contributed by atoms with Gasteiger partial charge in [0.2, 0.25) is 0 Å². The van der Waals surface area contributed by atoms with E-state index in [2.05, 4.69) is 35.1 Å². The Morgan fingerprint density at radius 3 is 2.48 bits per heavy atom. The largest absolute Gasteiger partial charge is 0.545 e. The Bertz CT molecular complexity index is 759. The fourth-order valence-electron chi connectivity index (χ4n) is 2.26. The summed E-state index contributed by atoms with van der Waals surface area (Å²) < 4.78 is 6.03. The molecule has 0 radical (unpaired) electrons. The SMILES string of the molecule is CC[C@H](C)c1ccc(OCC(=O)Nc2ccc(Br)cc2C(=O)[O-])cc1. The van der Waals surface area contributed by atoms with Gasteiger partial charge in [-0.3, -0.25) is 4.79 Å². The molecule has 1 amide bonds. The number of amides is 1. The van der Waals surface area contributed by atoms with Crippen LogP contribution in [0.2, 0.25) is 0 Å². The maximum absolute atomic E-state index is 12.0. The highest BCUT2D eigenvalue weighted by Crippen LogP contribution is 2.22. The first-order valence-electron chi connectivity index (χ1n) is 7.94. The number of carboxylic acid groups (broad SMARTS) is 1. The van der Waals surface area contributed by atoms with Crippen molar-refractivity contribution in [1.29, 1.82) is 0 Å². The Balaban J connectivity index is 1.96. The van der Waals surface area contributed by atoms with E-state index in [0.717, 1.165) is 6.42 Å². The zero-order valence-electron chi connectivity index (χ0n) is 14.0. The van der Waals surface area contributed by atoms with Crippen molar-refractivity contribution < 1.29 is 19.4 Å². The van der Waals surface area contributed by atoms with Crippen LogP contribution in [0, 0.1) is 0 Å². The van der Waals surface area contributed by atoms with E-state index in [4.69, 9.17) is 4.74 Å². The fourth-order valence-corrected chi connectivity index (χ4v) is 2.62. The topological polar surface area (TPSA) is 78.5 Å². The number of halogens is 1. The second-order valence-electron chi connectivity index (χ2n) is 5.69. The van der Waals surface area contributed by atoms with Crippen LogP contribution in [0.15, 0.2) is 46.9 Å². The number of nitrogens with one attached hydrogen (secondary N) is 1. The Hall–Kier alpha value is -2.34. The molecule has 5 nitrogen and oxygen atoms in total. The van der Waals surface area contributed by atoms with Gasteiger partial charge in [-0.15, -0.1) is 0 Å². The van der Waals surface area contributed by atoms with Crippen LogP contribution in [-0.4, -0.2) is 18.5 Å². The lowest BCUT2D eigenvalue weighted by molar-refractivity contribution is -0.254. The number of carbonyl (C=O) groups is 2. The van der Waals surface area contributed by atoms with E-state index in [1.807, 2.05) is 24.3 Å². The summed E-state index contributed by atoms with van der Waals surface area (Å²) >= 11 is 3.18. The second-order valence-corrected chi connectivity index (χ2v) is 6.61. The van der Waals surface area contributed by atoms with E-state index < -0.39 is 11.9 Å². The summed E-state index contributed by atoms with van der Waals surface area (Å²) in [5.41, 5.74) is 1.29. The summed E-state index contributed by atoms with van der Waals surface area (Å²) in [7, 11) is 0. The van der Waals surface area contributed by atoms with E-state index in [0.29, 0.717) is 16.1 Å². The maximum atomic E-state index is 12.0. The number of carboxylic acids is 1. The molecular weight excluding hydrogens is 386 g/mol. The third kappa shape index (κ3) is 5.32. The molecular formula is C19H19BrNO4-. The Morgan fingerprint density at radius 1 is 1.20 bits per heavy atom. The first-order chi connectivity index (χ1) is 11.9. The average molecular weight is 405 g/mol. The molecule has 0 aliphatic heterocycles. The normalized spacial score (nSPS) is 11.6. The summed E-state index contributed by atoms with van der Waals surface area (Å²) in [6.07, 6.45) is 1.05. The molecule has 0 aliphatic carbocycles. The van der Waals surface area contributed by atoms with Crippen molar-refractivity contribution in [2.24, 2.45) is 0 Å². The van der Waals surface area contributed by atoms with Gasteiger partial charge >= 0.3 is 0 Å². The maximum Gasteiger partial charge on any atom is 0.262 e. The molecule has 0 spiro atoms. The van der Waals surface area contributed by atoms with Gasteiger partial charge < -0.3 is 20.0 Å². The molecule has 0 saturated heterocycles. The van der Waals surface area contributed by atoms with Crippen LogP contribution in [0.25, 0.3) is 0 Å². The molecule has 2 rings (SSSR count). The van der Waals surface area contributed by atoms with Crippen molar-refractivity contribution in [1.82, 2.24) is 0 Å². The van der Waals surface area contributed by atoms with Gasteiger partial charge in [0.25, 0.3) is 5.91 Å². The highest BCUT2D eigenvalue weighted by Gasteiger charge is 2.10. The third-order valence-corrected chi connectivity index (χ3v) is 4.40. The zero-order valence-corrected chi connectivity index (χ0v) is 15.6. The molecule has 0 aromatic heterocycles. The number of hydrogen-bond acceptors (Lipinski definition) is 4. The number of anilines is 1. The summed E-state index contributed by atoms with van der Waals surface area (Å²) in [6.45, 7) is 4.06. The monoisotopic (exact) mass is 404 g/mol. The van der Waals surface area contributed by atoms with Gasteiger partial charge in [0, 0.05) is 15.7 Å². The molecule has 1 atom stereocenters. The standard InChI is InChI=1S/C19H20BrNO4/c1-3-12(2)13-4-7-15(8-5-13)25-11-18(22)21-17-9-6-14(20)10-16(17)19(23)24/h4-10,12H,3,11H2,1-2H3,(H,21,22)(H,23,24)/p-1/t12-/m0/s1. The number of carbonyl (C=O) groups excluding carboxylic acids is 2. The van der Waals surface area contributed by atoms with Crippen LogP contribution in [0.3, 0.4) is 0 Å². The quantitative estimate of drug-likeness (QED) is 0.767. The van der Waals surface area contributed by atoms with E-state index >= 15 is 0 Å². The minimum Gasteiger partial charge on any atom is -0.545 e. The van der Waals surface area contributed by atoms with Crippen molar-refractivity contribution >= 4 is 33.5 Å². The van der Waals surface area contributed by atoms with Gasteiger partial charge in [-0.1, -0.05) is 41.9 Å². The number of aromatic carboxylic acids is 1. The molecule has 0 saturated carbocycles. The van der Waals surface area contributed by atoms with Crippen molar-refractivity contribution in [3.05, 3.63) is 58.1 Å². The molecule has 0 unspecified atom stereocenters. The van der Waals surface area contributed by atoms with Crippen LogP contribution in [0.4, 0.5) is 5.69 Å². The first kappa shape index (κ1) is 19.0. The van der Waals surface area contributed by atoms with E-state index in [-0.39, 0.29) is 17.9 Å². The molecule has 2 aromatic carbocycles. The lowest BCUT2D eigenvalue weighted by atomic mass is 9.99. The van der Waals surface area contributed by atoms with Crippen LogP contribution >= 0.6 is 15.9 Å². The summed E-state index contributed by atoms with van der Waals surface area (Å²) in [5.74, 6) is -0.759. The van der Waals surface area contributed by atoms with Gasteiger partial charge in [-0.05, 0) is 48.2 Å². The molecule has 1 N–H and O–H groups in total. The van der Waals surface area contributed by atoms with Gasteiger partial charge in [-0.25, -0.2) is 0 Å². The van der Waals surface area contributed by atoms with Crippen molar-refractivity contribution in [3.8, 4) is 5.75 Å². The number of ether oxygens (including phenoxy) is 1. The Morgan fingerprint density at radius 2 is 1.88 bits per heavy atom. The minimum atomic E-state index is -1.36. The smallest absolute Gasteiger partial charge is 0.262 e. The molecule has 0 bridgehead atoms. The highest BCUT2D eigenvalue weighted by molar-refractivity contribution is 9.10. The molecule has 25 heavy (non-hydrogen) atoms. The molecule has 6 heteroatoms. The van der Waals surface area contributed by atoms with Crippen LogP contribution in [0.1, 0.15) is 42.1 Å².